The Kier molecular flexibility index (Phi) is 4.73. The van der Waals surface area contributed by atoms with Gasteiger partial charge in [-0.25, -0.2) is 14.0 Å². The minimum Gasteiger partial charge on any atom is -0.479 e. The van der Waals surface area contributed by atoms with Crippen molar-refractivity contribution in [2.75, 3.05) is 5.01 Å². The summed E-state index contributed by atoms with van der Waals surface area (Å²) < 4.78 is 41.7. The molecule has 0 bridgehead atoms. The summed E-state index contributed by atoms with van der Waals surface area (Å²) >= 11 is 0. The highest BCUT2D eigenvalue weighted by Gasteiger charge is 2.21. The van der Waals surface area contributed by atoms with Crippen LogP contribution in [0.2, 0.25) is 0 Å². The SMILES string of the molecule is CC(ON1C=CN(c2ccc(F)c(OC(F)F)c2)N1)C(=O)O. The topological polar surface area (TPSA) is 74.3 Å². The van der Waals surface area contributed by atoms with Crippen LogP contribution in [0.5, 0.6) is 5.75 Å². The van der Waals surface area contributed by atoms with E-state index in [1.165, 1.54) is 30.4 Å². The lowest BCUT2D eigenvalue weighted by Gasteiger charge is -2.23. The molecule has 2 rings (SSSR count). The number of hydrazine groups is 2. The maximum absolute atomic E-state index is 13.3. The van der Waals surface area contributed by atoms with Crippen LogP contribution in [0.3, 0.4) is 0 Å². The van der Waals surface area contributed by atoms with E-state index in [-0.39, 0.29) is 5.69 Å². The summed E-state index contributed by atoms with van der Waals surface area (Å²) in [4.78, 5) is 15.7. The van der Waals surface area contributed by atoms with E-state index >= 15 is 0 Å². The summed E-state index contributed by atoms with van der Waals surface area (Å²) in [7, 11) is 0. The van der Waals surface area contributed by atoms with Gasteiger partial charge in [-0.1, -0.05) is 0 Å². The van der Waals surface area contributed by atoms with Gasteiger partial charge in [0.2, 0.25) is 0 Å². The third-order valence-electron chi connectivity index (χ3n) is 2.59. The number of halogens is 3. The molecule has 0 radical (unpaired) electrons. The van der Waals surface area contributed by atoms with Crippen LogP contribution in [-0.4, -0.2) is 29.0 Å². The maximum atomic E-state index is 13.3. The second kappa shape index (κ2) is 6.54. The summed E-state index contributed by atoms with van der Waals surface area (Å²) in [6.07, 6.45) is 1.67. The van der Waals surface area contributed by atoms with Crippen molar-refractivity contribution >= 4 is 11.7 Å². The number of nitrogens with one attached hydrogen (secondary N) is 1. The average molecular weight is 319 g/mol. The van der Waals surface area contributed by atoms with Crippen molar-refractivity contribution < 1.29 is 32.6 Å². The first-order chi connectivity index (χ1) is 10.4. The number of alkyl halides is 2. The van der Waals surface area contributed by atoms with Gasteiger partial charge in [-0.3, -0.25) is 5.01 Å². The number of anilines is 1. The Morgan fingerprint density at radius 3 is 2.73 bits per heavy atom. The Morgan fingerprint density at radius 1 is 1.36 bits per heavy atom. The normalized spacial score (nSPS) is 15.5. The van der Waals surface area contributed by atoms with Crippen molar-refractivity contribution in [3.8, 4) is 5.75 Å². The number of hydrogen-bond donors (Lipinski definition) is 2. The lowest BCUT2D eigenvalue weighted by Crippen LogP contribution is -2.42. The van der Waals surface area contributed by atoms with Gasteiger partial charge in [0.15, 0.2) is 17.7 Å². The highest BCUT2D eigenvalue weighted by atomic mass is 19.3. The summed E-state index contributed by atoms with van der Waals surface area (Å²) in [6.45, 7) is -1.82. The molecule has 0 aromatic heterocycles. The summed E-state index contributed by atoms with van der Waals surface area (Å²) in [5.41, 5.74) is 2.88. The number of carboxylic acid groups (broad SMARTS) is 1. The van der Waals surface area contributed by atoms with E-state index in [1.54, 1.807) is 0 Å². The van der Waals surface area contributed by atoms with Crippen molar-refractivity contribution in [3.05, 3.63) is 36.4 Å². The fourth-order valence-electron chi connectivity index (χ4n) is 1.55. The molecule has 0 spiro atoms. The van der Waals surface area contributed by atoms with E-state index in [2.05, 4.69) is 10.3 Å². The molecule has 1 aromatic carbocycles. The van der Waals surface area contributed by atoms with Crippen molar-refractivity contribution in [1.29, 1.82) is 0 Å². The van der Waals surface area contributed by atoms with Crippen LogP contribution < -0.4 is 15.3 Å². The number of ether oxygens (including phenoxy) is 1. The second-order valence-corrected chi connectivity index (χ2v) is 4.17. The van der Waals surface area contributed by atoms with Gasteiger partial charge < -0.3 is 9.84 Å². The zero-order valence-corrected chi connectivity index (χ0v) is 11.2. The zero-order chi connectivity index (χ0) is 16.3. The van der Waals surface area contributed by atoms with E-state index in [9.17, 15) is 18.0 Å². The summed E-state index contributed by atoms with van der Waals surface area (Å²) in [6, 6.07) is 3.34. The predicted octanol–water partition coefficient (Wildman–Crippen LogP) is 1.84. The predicted molar refractivity (Wildman–Crippen MR) is 67.8 cm³/mol. The second-order valence-electron chi connectivity index (χ2n) is 4.17. The third-order valence-corrected chi connectivity index (χ3v) is 2.59. The van der Waals surface area contributed by atoms with Crippen LogP contribution >= 0.6 is 0 Å². The van der Waals surface area contributed by atoms with E-state index in [0.29, 0.717) is 0 Å². The average Bonchev–Trinajstić information content (AvgIpc) is 2.89. The van der Waals surface area contributed by atoms with Crippen molar-refractivity contribution in [3.63, 3.8) is 0 Å². The molecule has 7 nitrogen and oxygen atoms in total. The molecule has 1 atom stereocenters. The first kappa shape index (κ1) is 15.9. The van der Waals surface area contributed by atoms with Crippen molar-refractivity contribution in [2.45, 2.75) is 19.6 Å². The van der Waals surface area contributed by atoms with Gasteiger partial charge >= 0.3 is 12.6 Å². The van der Waals surface area contributed by atoms with Gasteiger partial charge in [0.25, 0.3) is 0 Å². The zero-order valence-electron chi connectivity index (χ0n) is 11.2. The van der Waals surface area contributed by atoms with Gasteiger partial charge in [0, 0.05) is 12.3 Å². The van der Waals surface area contributed by atoms with Crippen LogP contribution in [0.4, 0.5) is 18.9 Å². The van der Waals surface area contributed by atoms with Crippen molar-refractivity contribution in [1.82, 2.24) is 10.7 Å². The molecule has 0 fully saturated rings. The van der Waals surface area contributed by atoms with Gasteiger partial charge in [-0.05, 0) is 19.1 Å². The van der Waals surface area contributed by atoms with Gasteiger partial charge in [-0.15, -0.1) is 5.53 Å². The molecule has 1 aliphatic rings. The van der Waals surface area contributed by atoms with Crippen LogP contribution in [0.15, 0.2) is 30.6 Å². The van der Waals surface area contributed by atoms with Gasteiger partial charge in [-0.2, -0.15) is 14.0 Å². The third kappa shape index (κ3) is 3.80. The first-order valence-electron chi connectivity index (χ1n) is 6.04. The fraction of sp³-hybridized carbons (Fsp3) is 0.250. The number of carbonyl (C=O) groups is 1. The monoisotopic (exact) mass is 319 g/mol. The first-order valence-corrected chi connectivity index (χ1v) is 6.04. The number of aliphatic carboxylic acids is 1. The molecule has 0 amide bonds. The Hall–Kier alpha value is -2.46. The van der Waals surface area contributed by atoms with E-state index < -0.39 is 30.3 Å². The van der Waals surface area contributed by atoms with Gasteiger partial charge in [0.05, 0.1) is 11.9 Å². The molecule has 0 aliphatic carbocycles. The number of nitrogens with zero attached hydrogens (tertiary/aromatic N) is 2. The van der Waals surface area contributed by atoms with E-state index in [0.717, 1.165) is 17.3 Å². The highest BCUT2D eigenvalue weighted by molar-refractivity contribution is 5.71. The smallest absolute Gasteiger partial charge is 0.387 e. The number of hydrogen-bond acceptors (Lipinski definition) is 6. The van der Waals surface area contributed by atoms with Crippen LogP contribution in [0.25, 0.3) is 0 Å². The number of benzene rings is 1. The molecule has 0 saturated heterocycles. The number of rotatable bonds is 6. The van der Waals surface area contributed by atoms with Crippen molar-refractivity contribution in [2.24, 2.45) is 0 Å². The molecule has 1 unspecified atom stereocenters. The Bertz CT molecular complexity index is 585. The lowest BCUT2D eigenvalue weighted by molar-refractivity contribution is -0.201. The molecule has 1 aliphatic heterocycles. The minimum atomic E-state index is -3.15. The maximum Gasteiger partial charge on any atom is 0.387 e. The Labute approximate surface area is 123 Å². The molecular weight excluding hydrogens is 307 g/mol. The fourth-order valence-corrected chi connectivity index (χ4v) is 1.55. The molecule has 22 heavy (non-hydrogen) atoms. The highest BCUT2D eigenvalue weighted by Crippen LogP contribution is 2.26. The van der Waals surface area contributed by atoms with Crippen LogP contribution in [0, 0.1) is 5.82 Å². The lowest BCUT2D eigenvalue weighted by atomic mass is 10.3. The van der Waals surface area contributed by atoms with Crippen LogP contribution in [0.1, 0.15) is 6.92 Å². The molecule has 2 N–H and O–H groups in total. The van der Waals surface area contributed by atoms with E-state index in [4.69, 9.17) is 9.94 Å². The Morgan fingerprint density at radius 2 is 2.09 bits per heavy atom. The molecule has 0 saturated carbocycles. The number of carboxylic acids is 1. The number of hydroxylamine groups is 1. The standard InChI is InChI=1S/C12H12F3N3O4/c1-7(11(19)20)22-18-5-4-17(16-18)8-2-3-9(13)10(6-8)21-12(14)15/h2-7,12,16H,1H3,(H,19,20). The van der Waals surface area contributed by atoms with Gasteiger partial charge in [0.1, 0.15) is 0 Å². The quantitative estimate of drug-likeness (QED) is 0.829. The minimum absolute atomic E-state index is 0.280. The van der Waals surface area contributed by atoms with Crippen LogP contribution in [-0.2, 0) is 9.63 Å². The molecular formula is C12H12F3N3O4. The summed E-state index contributed by atoms with van der Waals surface area (Å²) in [5, 5.41) is 11.0. The molecule has 1 heterocycles. The molecule has 10 heteroatoms. The summed E-state index contributed by atoms with van der Waals surface area (Å²) in [5.74, 6) is -2.70. The molecule has 1 aromatic rings. The Balaban J connectivity index is 2.05. The van der Waals surface area contributed by atoms with E-state index in [1.807, 2.05) is 0 Å². The largest absolute Gasteiger partial charge is 0.479 e. The molecule has 120 valence electrons.